The quantitative estimate of drug-likeness (QED) is 0.528. The Morgan fingerprint density at radius 3 is 2.00 bits per heavy atom. The van der Waals surface area contributed by atoms with E-state index in [1.54, 1.807) is 6.92 Å². The van der Waals surface area contributed by atoms with Gasteiger partial charge in [-0.1, -0.05) is 13.8 Å². The van der Waals surface area contributed by atoms with E-state index in [9.17, 15) is 14.4 Å². The minimum absolute atomic E-state index is 0.00870. The Morgan fingerprint density at radius 1 is 1.13 bits per heavy atom. The number of Topliss-reactive ketones (excluding diaryl/α,β-unsaturated/α-hetero) is 2. The number of carbonyl (C=O) groups is 3. The van der Waals surface area contributed by atoms with E-state index < -0.39 is 5.41 Å². The van der Waals surface area contributed by atoms with Crippen molar-refractivity contribution < 1.29 is 14.4 Å². The van der Waals surface area contributed by atoms with Gasteiger partial charge in [-0.3, -0.25) is 9.59 Å². The van der Waals surface area contributed by atoms with Gasteiger partial charge in [0.2, 0.25) is 0 Å². The Balaban J connectivity index is 2.86. The van der Waals surface area contributed by atoms with E-state index in [0.29, 0.717) is 19.3 Å². The molecule has 0 heterocycles. The van der Waals surface area contributed by atoms with Crippen molar-refractivity contribution in [1.82, 2.24) is 0 Å². The lowest BCUT2D eigenvalue weighted by atomic mass is 9.63. The molecule has 1 aliphatic rings. The summed E-state index contributed by atoms with van der Waals surface area (Å²) in [6, 6.07) is 0. The van der Waals surface area contributed by atoms with Crippen molar-refractivity contribution in [3.8, 4) is 0 Å². The molecule has 1 saturated carbocycles. The topological polar surface area (TPSA) is 51.2 Å². The van der Waals surface area contributed by atoms with Crippen LogP contribution in [0.4, 0.5) is 0 Å². The Bertz CT molecular complexity index is 282. The molecule has 3 heteroatoms. The van der Waals surface area contributed by atoms with Crippen LogP contribution in [0.5, 0.6) is 0 Å². The highest BCUT2D eigenvalue weighted by molar-refractivity contribution is 6.09. The second kappa shape index (κ2) is 3.87. The molecular weight excluding hydrogens is 192 g/mol. The number of hydrogen-bond acceptors (Lipinski definition) is 3. The van der Waals surface area contributed by atoms with Crippen molar-refractivity contribution in [2.75, 3.05) is 0 Å². The number of hydrogen-bond donors (Lipinski definition) is 0. The third-order valence-electron chi connectivity index (χ3n) is 3.27. The zero-order chi connectivity index (χ0) is 11.7. The second-order valence-electron chi connectivity index (χ2n) is 5.40. The smallest absolute Gasteiger partial charge is 0.146 e. The van der Waals surface area contributed by atoms with Crippen LogP contribution in [0.25, 0.3) is 0 Å². The molecule has 0 aromatic rings. The molecule has 0 aromatic carbocycles. The number of carbonyl (C=O) groups excluding carboxylic acids is 3. The summed E-state index contributed by atoms with van der Waals surface area (Å²) in [6.07, 6.45) is 2.30. The molecule has 15 heavy (non-hydrogen) atoms. The maximum Gasteiger partial charge on any atom is 0.146 e. The third-order valence-corrected chi connectivity index (χ3v) is 3.27. The molecule has 0 bridgehead atoms. The third kappa shape index (κ3) is 2.33. The first-order valence-electron chi connectivity index (χ1n) is 5.32. The van der Waals surface area contributed by atoms with Crippen LogP contribution in [0.1, 0.15) is 46.5 Å². The van der Waals surface area contributed by atoms with Crippen molar-refractivity contribution in [2.45, 2.75) is 46.5 Å². The van der Waals surface area contributed by atoms with Crippen LogP contribution in [-0.4, -0.2) is 17.9 Å². The van der Waals surface area contributed by atoms with Gasteiger partial charge in [0.25, 0.3) is 0 Å². The largest absolute Gasteiger partial charge is 0.303 e. The van der Waals surface area contributed by atoms with Crippen LogP contribution in [0.2, 0.25) is 0 Å². The minimum atomic E-state index is -0.906. The lowest BCUT2D eigenvalue weighted by Gasteiger charge is -2.38. The van der Waals surface area contributed by atoms with E-state index in [4.69, 9.17) is 0 Å². The zero-order valence-electron chi connectivity index (χ0n) is 9.63. The van der Waals surface area contributed by atoms with Gasteiger partial charge in [0.05, 0.1) is 5.41 Å². The van der Waals surface area contributed by atoms with Gasteiger partial charge < -0.3 is 4.79 Å². The molecule has 1 fully saturated rings. The minimum Gasteiger partial charge on any atom is -0.303 e. The fourth-order valence-corrected chi connectivity index (χ4v) is 2.10. The second-order valence-corrected chi connectivity index (χ2v) is 5.40. The number of aldehydes is 1. The fourth-order valence-electron chi connectivity index (χ4n) is 2.10. The maximum atomic E-state index is 11.9. The van der Waals surface area contributed by atoms with Gasteiger partial charge in [-0.15, -0.1) is 0 Å². The Hall–Kier alpha value is -0.990. The zero-order valence-corrected chi connectivity index (χ0v) is 9.63. The van der Waals surface area contributed by atoms with Gasteiger partial charge in [0.1, 0.15) is 17.9 Å². The van der Waals surface area contributed by atoms with Crippen LogP contribution in [0.3, 0.4) is 0 Å². The molecular formula is C12H18O3. The molecule has 0 unspecified atom stereocenters. The standard InChI is InChI=1S/C12H18O3/c1-11(2)7-9(14)12(3,5-4-6-13)10(15)8-11/h6H,4-5,7-8H2,1-3H3. The highest BCUT2D eigenvalue weighted by Crippen LogP contribution is 2.42. The molecule has 1 rings (SSSR count). The number of ketones is 2. The molecule has 0 aromatic heterocycles. The molecule has 0 atom stereocenters. The molecule has 0 saturated heterocycles. The van der Waals surface area contributed by atoms with Crippen molar-refractivity contribution in [2.24, 2.45) is 10.8 Å². The van der Waals surface area contributed by atoms with Crippen molar-refractivity contribution >= 4 is 17.9 Å². The van der Waals surface area contributed by atoms with E-state index in [-0.39, 0.29) is 23.4 Å². The van der Waals surface area contributed by atoms with Crippen molar-refractivity contribution in [1.29, 1.82) is 0 Å². The highest BCUT2D eigenvalue weighted by atomic mass is 16.2. The average Bonchev–Trinajstić information content (AvgIpc) is 2.10. The number of rotatable bonds is 3. The maximum absolute atomic E-state index is 11.9. The van der Waals surface area contributed by atoms with Gasteiger partial charge in [0, 0.05) is 19.3 Å². The Labute approximate surface area is 90.2 Å². The van der Waals surface area contributed by atoms with Gasteiger partial charge in [-0.25, -0.2) is 0 Å². The lowest BCUT2D eigenvalue weighted by molar-refractivity contribution is -0.147. The molecule has 0 aliphatic heterocycles. The normalized spacial score (nSPS) is 23.9. The Morgan fingerprint density at radius 2 is 1.60 bits per heavy atom. The van der Waals surface area contributed by atoms with E-state index in [2.05, 4.69) is 0 Å². The summed E-state index contributed by atoms with van der Waals surface area (Å²) in [5.41, 5.74) is -1.12. The summed E-state index contributed by atoms with van der Waals surface area (Å²) in [5, 5.41) is 0. The summed E-state index contributed by atoms with van der Waals surface area (Å²) in [4.78, 5) is 34.1. The van der Waals surface area contributed by atoms with Gasteiger partial charge >= 0.3 is 0 Å². The van der Waals surface area contributed by atoms with Crippen LogP contribution in [0.15, 0.2) is 0 Å². The fraction of sp³-hybridized carbons (Fsp3) is 0.750. The SMILES string of the molecule is CC1(C)CC(=O)C(C)(CCC=O)C(=O)C1. The molecule has 0 N–H and O–H groups in total. The first-order valence-corrected chi connectivity index (χ1v) is 5.32. The Kier molecular flexibility index (Phi) is 3.12. The monoisotopic (exact) mass is 210 g/mol. The van der Waals surface area contributed by atoms with Gasteiger partial charge in [-0.05, 0) is 18.8 Å². The van der Waals surface area contributed by atoms with Crippen LogP contribution in [0, 0.1) is 10.8 Å². The van der Waals surface area contributed by atoms with Gasteiger partial charge in [0.15, 0.2) is 0 Å². The highest BCUT2D eigenvalue weighted by Gasteiger charge is 2.47. The summed E-state index contributed by atoms with van der Waals surface area (Å²) in [7, 11) is 0. The summed E-state index contributed by atoms with van der Waals surface area (Å²) in [5.74, 6) is -0.0174. The van der Waals surface area contributed by atoms with E-state index in [1.807, 2.05) is 13.8 Å². The van der Waals surface area contributed by atoms with E-state index >= 15 is 0 Å². The summed E-state index contributed by atoms with van der Waals surface area (Å²) < 4.78 is 0. The molecule has 84 valence electrons. The first kappa shape index (κ1) is 12.1. The predicted molar refractivity (Wildman–Crippen MR) is 56.4 cm³/mol. The van der Waals surface area contributed by atoms with E-state index in [1.165, 1.54) is 0 Å². The van der Waals surface area contributed by atoms with Gasteiger partial charge in [-0.2, -0.15) is 0 Å². The van der Waals surface area contributed by atoms with Crippen molar-refractivity contribution in [3.05, 3.63) is 0 Å². The van der Waals surface area contributed by atoms with Crippen LogP contribution < -0.4 is 0 Å². The lowest BCUT2D eigenvalue weighted by Crippen LogP contribution is -2.45. The molecule has 0 amide bonds. The predicted octanol–water partition coefficient (Wildman–Crippen LogP) is 1.93. The molecule has 0 spiro atoms. The van der Waals surface area contributed by atoms with Crippen molar-refractivity contribution in [3.63, 3.8) is 0 Å². The van der Waals surface area contributed by atoms with E-state index in [0.717, 1.165) is 6.29 Å². The summed E-state index contributed by atoms with van der Waals surface area (Å²) in [6.45, 7) is 5.54. The van der Waals surface area contributed by atoms with Crippen LogP contribution in [-0.2, 0) is 14.4 Å². The average molecular weight is 210 g/mol. The first-order chi connectivity index (χ1) is 6.82. The molecule has 0 radical (unpaired) electrons. The van der Waals surface area contributed by atoms with Crippen LogP contribution >= 0.6 is 0 Å². The summed E-state index contributed by atoms with van der Waals surface area (Å²) >= 11 is 0. The molecule has 1 aliphatic carbocycles. The molecule has 3 nitrogen and oxygen atoms in total.